The predicted molar refractivity (Wildman–Crippen MR) is 45.6 cm³/mol. The Bertz CT molecular complexity index is 258. The van der Waals surface area contributed by atoms with E-state index in [1.807, 2.05) is 0 Å². The van der Waals surface area contributed by atoms with Crippen LogP contribution in [0.25, 0.3) is 0 Å². The molecule has 0 aromatic rings. The largest absolute Gasteiger partial charge is 0.332 e. The lowest BCUT2D eigenvalue weighted by molar-refractivity contribution is -0.135. The lowest BCUT2D eigenvalue weighted by atomic mass is 10.1. The van der Waals surface area contributed by atoms with E-state index in [1.165, 1.54) is 18.7 Å². The number of nitriles is 1. The fourth-order valence-electron chi connectivity index (χ4n) is 1.66. The van der Waals surface area contributed by atoms with E-state index in [0.29, 0.717) is 13.0 Å². The van der Waals surface area contributed by atoms with Crippen molar-refractivity contribution in [1.29, 1.82) is 5.26 Å². The Kier molecular flexibility index (Phi) is 2.66. The molecule has 2 atom stereocenters. The molecule has 13 heavy (non-hydrogen) atoms. The molecule has 0 N–H and O–H groups in total. The second-order valence-electron chi connectivity index (χ2n) is 3.36. The maximum absolute atomic E-state index is 11.1. The summed E-state index contributed by atoms with van der Waals surface area (Å²) in [5.74, 6) is -0.344. The third-order valence-electron chi connectivity index (χ3n) is 2.36. The van der Waals surface area contributed by atoms with Crippen molar-refractivity contribution in [3.63, 3.8) is 0 Å². The van der Waals surface area contributed by atoms with Gasteiger partial charge in [0.1, 0.15) is 0 Å². The molecule has 1 unspecified atom stereocenters. The summed E-state index contributed by atoms with van der Waals surface area (Å²) >= 11 is 0. The maximum Gasteiger partial charge on any atom is 0.220 e. The highest BCUT2D eigenvalue weighted by Crippen LogP contribution is 2.23. The van der Waals surface area contributed by atoms with Gasteiger partial charge in [-0.1, -0.05) is 0 Å². The third kappa shape index (κ3) is 1.86. The molecule has 70 valence electrons. The second-order valence-corrected chi connectivity index (χ2v) is 3.36. The number of hydrogen-bond acceptors (Lipinski definition) is 3. The minimum atomic E-state index is -0.373. The molecule has 0 aliphatic carbocycles. The van der Waals surface area contributed by atoms with Crippen LogP contribution in [-0.2, 0) is 9.59 Å². The van der Waals surface area contributed by atoms with E-state index >= 15 is 0 Å². The van der Waals surface area contributed by atoms with E-state index in [1.54, 1.807) is 0 Å². The number of Topliss-reactive ketones (excluding diaryl/α,β-unsaturated/α-hetero) is 1. The van der Waals surface area contributed by atoms with Crippen molar-refractivity contribution in [1.82, 2.24) is 4.90 Å². The standard InChI is InChI=1S/C9H12N2O2/c1-6(12)9-3-8(4-10)5-11(9)7(2)13/h8-9H,3,5H2,1-2H3/t8?,9-/m0/s1. The van der Waals surface area contributed by atoms with Crippen molar-refractivity contribution >= 4 is 11.7 Å². The molecule has 4 nitrogen and oxygen atoms in total. The van der Waals surface area contributed by atoms with Crippen LogP contribution in [0.1, 0.15) is 20.3 Å². The first-order chi connectivity index (χ1) is 6.06. The highest BCUT2D eigenvalue weighted by atomic mass is 16.2. The lowest BCUT2D eigenvalue weighted by Gasteiger charge is -2.19. The zero-order valence-corrected chi connectivity index (χ0v) is 7.78. The highest BCUT2D eigenvalue weighted by molar-refractivity contribution is 5.87. The zero-order valence-electron chi connectivity index (χ0n) is 7.78. The summed E-state index contributed by atoms with van der Waals surface area (Å²) in [5.41, 5.74) is 0. The summed E-state index contributed by atoms with van der Waals surface area (Å²) in [5, 5.41) is 8.67. The van der Waals surface area contributed by atoms with Crippen LogP contribution in [0.4, 0.5) is 0 Å². The van der Waals surface area contributed by atoms with Crippen LogP contribution in [0.2, 0.25) is 0 Å². The van der Waals surface area contributed by atoms with Gasteiger partial charge in [-0.15, -0.1) is 0 Å². The fraction of sp³-hybridized carbons (Fsp3) is 0.667. The second kappa shape index (κ2) is 3.56. The number of ketones is 1. The maximum atomic E-state index is 11.1. The third-order valence-corrected chi connectivity index (χ3v) is 2.36. The highest BCUT2D eigenvalue weighted by Gasteiger charge is 2.36. The van der Waals surface area contributed by atoms with Crippen molar-refractivity contribution in [2.75, 3.05) is 6.54 Å². The van der Waals surface area contributed by atoms with Gasteiger partial charge in [-0.25, -0.2) is 0 Å². The number of carbonyl (C=O) groups is 2. The molecule has 1 aliphatic rings. The van der Waals surface area contributed by atoms with E-state index in [2.05, 4.69) is 6.07 Å². The average Bonchev–Trinajstić information content (AvgIpc) is 2.47. The Labute approximate surface area is 77.1 Å². The summed E-state index contributed by atoms with van der Waals surface area (Å²) in [7, 11) is 0. The van der Waals surface area contributed by atoms with Crippen molar-refractivity contribution in [3.05, 3.63) is 0 Å². The van der Waals surface area contributed by atoms with Gasteiger partial charge < -0.3 is 4.90 Å². The summed E-state index contributed by atoms with van der Waals surface area (Å²) in [6, 6.07) is 1.71. The Hall–Kier alpha value is -1.37. The molecule has 0 bridgehead atoms. The molecule has 0 aromatic heterocycles. The Morgan fingerprint density at radius 1 is 1.46 bits per heavy atom. The topological polar surface area (TPSA) is 61.2 Å². The molecule has 1 saturated heterocycles. The lowest BCUT2D eigenvalue weighted by Crippen LogP contribution is -2.38. The van der Waals surface area contributed by atoms with E-state index < -0.39 is 0 Å². The molecule has 1 rings (SSSR count). The van der Waals surface area contributed by atoms with Gasteiger partial charge >= 0.3 is 0 Å². The van der Waals surface area contributed by atoms with Crippen LogP contribution in [0.5, 0.6) is 0 Å². The van der Waals surface area contributed by atoms with Crippen LogP contribution in [0, 0.1) is 17.2 Å². The quantitative estimate of drug-likeness (QED) is 0.584. The van der Waals surface area contributed by atoms with E-state index in [-0.39, 0.29) is 23.7 Å². The number of hydrogen-bond donors (Lipinski definition) is 0. The van der Waals surface area contributed by atoms with Gasteiger partial charge in [0, 0.05) is 13.5 Å². The Morgan fingerprint density at radius 3 is 2.38 bits per heavy atom. The summed E-state index contributed by atoms with van der Waals surface area (Å²) in [4.78, 5) is 23.7. The number of rotatable bonds is 1. The molecule has 4 heteroatoms. The van der Waals surface area contributed by atoms with Gasteiger partial charge in [0.05, 0.1) is 18.0 Å². The molecule has 1 fully saturated rings. The smallest absolute Gasteiger partial charge is 0.220 e. The fourth-order valence-corrected chi connectivity index (χ4v) is 1.66. The van der Waals surface area contributed by atoms with Crippen LogP contribution in [0.3, 0.4) is 0 Å². The van der Waals surface area contributed by atoms with Crippen LogP contribution in [0.15, 0.2) is 0 Å². The molecule has 0 radical (unpaired) electrons. The first-order valence-electron chi connectivity index (χ1n) is 4.23. The first kappa shape index (κ1) is 9.72. The van der Waals surface area contributed by atoms with Crippen molar-refractivity contribution in [2.24, 2.45) is 5.92 Å². The average molecular weight is 180 g/mol. The number of amides is 1. The summed E-state index contributed by atoms with van der Waals surface area (Å²) in [6.07, 6.45) is 0.491. The van der Waals surface area contributed by atoms with Gasteiger partial charge in [-0.05, 0) is 13.3 Å². The van der Waals surface area contributed by atoms with Gasteiger partial charge in [-0.3, -0.25) is 9.59 Å². The molecule has 0 aromatic carbocycles. The molecule has 1 heterocycles. The number of likely N-dealkylation sites (tertiary alicyclic amines) is 1. The Morgan fingerprint density at radius 2 is 2.08 bits per heavy atom. The van der Waals surface area contributed by atoms with Gasteiger partial charge in [-0.2, -0.15) is 5.26 Å². The molecule has 1 aliphatic heterocycles. The molecule has 1 amide bonds. The van der Waals surface area contributed by atoms with Gasteiger partial charge in [0.2, 0.25) is 5.91 Å². The molecular formula is C9H12N2O2. The van der Waals surface area contributed by atoms with Gasteiger partial charge in [0.15, 0.2) is 5.78 Å². The zero-order chi connectivity index (χ0) is 10.0. The minimum Gasteiger partial charge on any atom is -0.332 e. The SMILES string of the molecule is CC(=O)[C@@H]1CC(C#N)CN1C(C)=O. The predicted octanol–water partition coefficient (Wildman–Crippen LogP) is 0.336. The minimum absolute atomic E-state index is 0.0343. The van der Waals surface area contributed by atoms with Gasteiger partial charge in [0.25, 0.3) is 0 Å². The monoisotopic (exact) mass is 180 g/mol. The van der Waals surface area contributed by atoms with E-state index in [9.17, 15) is 9.59 Å². The van der Waals surface area contributed by atoms with E-state index in [4.69, 9.17) is 5.26 Å². The van der Waals surface area contributed by atoms with Crippen LogP contribution < -0.4 is 0 Å². The molecule has 0 saturated carbocycles. The van der Waals surface area contributed by atoms with Crippen molar-refractivity contribution < 1.29 is 9.59 Å². The van der Waals surface area contributed by atoms with Crippen LogP contribution >= 0.6 is 0 Å². The molecular weight excluding hydrogens is 168 g/mol. The normalized spacial score (nSPS) is 27.0. The number of carbonyl (C=O) groups excluding carboxylic acids is 2. The number of nitrogens with zero attached hydrogens (tertiary/aromatic N) is 2. The Balaban J connectivity index is 2.78. The molecule has 0 spiro atoms. The first-order valence-corrected chi connectivity index (χ1v) is 4.23. The van der Waals surface area contributed by atoms with Crippen molar-refractivity contribution in [2.45, 2.75) is 26.3 Å². The summed E-state index contributed by atoms with van der Waals surface area (Å²) in [6.45, 7) is 3.28. The van der Waals surface area contributed by atoms with Crippen molar-refractivity contribution in [3.8, 4) is 6.07 Å². The van der Waals surface area contributed by atoms with Crippen LogP contribution in [-0.4, -0.2) is 29.2 Å². The van der Waals surface area contributed by atoms with E-state index in [0.717, 1.165) is 0 Å². The summed E-state index contributed by atoms with van der Waals surface area (Å²) < 4.78 is 0.